The fourth-order valence-electron chi connectivity index (χ4n) is 2.85. The third-order valence-electron chi connectivity index (χ3n) is 4.11. The van der Waals surface area contributed by atoms with E-state index in [0.29, 0.717) is 5.56 Å². The van der Waals surface area contributed by atoms with Gasteiger partial charge in [0.2, 0.25) is 0 Å². The predicted octanol–water partition coefficient (Wildman–Crippen LogP) is 2.80. The Morgan fingerprint density at radius 3 is 2.57 bits per heavy atom. The highest BCUT2D eigenvalue weighted by Gasteiger charge is 2.16. The molecule has 1 aromatic heterocycles. The van der Waals surface area contributed by atoms with Crippen molar-refractivity contribution in [3.05, 3.63) is 59.5 Å². The lowest BCUT2D eigenvalue weighted by Crippen LogP contribution is -2.30. The second kappa shape index (κ2) is 7.21. The van der Waals surface area contributed by atoms with Crippen molar-refractivity contribution in [2.24, 2.45) is 0 Å². The van der Waals surface area contributed by atoms with Gasteiger partial charge in [-0.05, 0) is 36.2 Å². The minimum Gasteiger partial charge on any atom is -0.355 e. The summed E-state index contributed by atoms with van der Waals surface area (Å²) in [5.74, 6) is 0.732. The van der Waals surface area contributed by atoms with Crippen molar-refractivity contribution in [1.82, 2.24) is 9.88 Å². The van der Waals surface area contributed by atoms with Crippen LogP contribution in [-0.4, -0.2) is 36.1 Å². The van der Waals surface area contributed by atoms with Gasteiger partial charge in [0.1, 0.15) is 17.7 Å². The highest BCUT2D eigenvalue weighted by Crippen LogP contribution is 2.15. The van der Waals surface area contributed by atoms with Crippen molar-refractivity contribution in [1.29, 1.82) is 5.26 Å². The number of benzene rings is 1. The quantitative estimate of drug-likeness (QED) is 0.874. The van der Waals surface area contributed by atoms with Crippen LogP contribution in [0, 0.1) is 17.1 Å². The van der Waals surface area contributed by atoms with E-state index in [2.05, 4.69) is 20.9 Å². The molecule has 5 heteroatoms. The summed E-state index contributed by atoms with van der Waals surface area (Å²) in [4.78, 5) is 9.02. The summed E-state index contributed by atoms with van der Waals surface area (Å²) in [5.41, 5.74) is 1.72. The Bertz CT molecular complexity index is 676. The molecule has 0 amide bonds. The molecule has 1 aliphatic rings. The Kier molecular flexibility index (Phi) is 4.84. The molecule has 0 spiro atoms. The van der Waals surface area contributed by atoms with E-state index in [0.717, 1.165) is 50.5 Å². The first-order valence-corrected chi connectivity index (χ1v) is 7.82. The first-order chi connectivity index (χ1) is 11.2. The van der Waals surface area contributed by atoms with E-state index in [1.807, 2.05) is 24.3 Å². The van der Waals surface area contributed by atoms with Gasteiger partial charge in [-0.1, -0.05) is 12.1 Å². The van der Waals surface area contributed by atoms with Crippen LogP contribution in [0.5, 0.6) is 0 Å². The Morgan fingerprint density at radius 1 is 1.04 bits per heavy atom. The van der Waals surface area contributed by atoms with E-state index in [-0.39, 0.29) is 5.82 Å². The third-order valence-corrected chi connectivity index (χ3v) is 4.11. The van der Waals surface area contributed by atoms with Gasteiger partial charge in [0.25, 0.3) is 0 Å². The van der Waals surface area contributed by atoms with Crippen molar-refractivity contribution in [2.75, 3.05) is 31.1 Å². The lowest BCUT2D eigenvalue weighted by Gasteiger charge is -2.22. The number of rotatable bonds is 3. The van der Waals surface area contributed by atoms with E-state index in [9.17, 15) is 4.39 Å². The van der Waals surface area contributed by atoms with Crippen LogP contribution in [0.3, 0.4) is 0 Å². The monoisotopic (exact) mass is 310 g/mol. The molecule has 2 heterocycles. The van der Waals surface area contributed by atoms with Crippen molar-refractivity contribution in [3.63, 3.8) is 0 Å². The molecule has 118 valence electrons. The summed E-state index contributed by atoms with van der Waals surface area (Å²) in [6.07, 6.45) is 2.68. The molecule has 1 aromatic carbocycles. The van der Waals surface area contributed by atoms with Crippen LogP contribution in [0.4, 0.5) is 10.2 Å². The Balaban J connectivity index is 1.60. The molecular formula is C18H19FN4. The zero-order valence-corrected chi connectivity index (χ0v) is 13.0. The Morgan fingerprint density at radius 2 is 1.87 bits per heavy atom. The second-order valence-electron chi connectivity index (χ2n) is 5.76. The summed E-state index contributed by atoms with van der Waals surface area (Å²) >= 11 is 0. The van der Waals surface area contributed by atoms with Crippen molar-refractivity contribution < 1.29 is 4.39 Å². The lowest BCUT2D eigenvalue weighted by atomic mass is 10.2. The molecule has 1 fully saturated rings. The average molecular weight is 310 g/mol. The van der Waals surface area contributed by atoms with Gasteiger partial charge in [-0.3, -0.25) is 4.90 Å². The number of halogens is 1. The van der Waals surface area contributed by atoms with Crippen LogP contribution in [0.1, 0.15) is 17.5 Å². The van der Waals surface area contributed by atoms with E-state index in [1.165, 1.54) is 12.1 Å². The number of nitriles is 1. The zero-order valence-electron chi connectivity index (χ0n) is 13.0. The maximum atomic E-state index is 13.0. The van der Waals surface area contributed by atoms with Crippen LogP contribution in [-0.2, 0) is 6.54 Å². The maximum absolute atomic E-state index is 13.0. The van der Waals surface area contributed by atoms with Gasteiger partial charge < -0.3 is 4.90 Å². The molecule has 0 saturated carbocycles. The molecule has 1 aliphatic heterocycles. The fourth-order valence-corrected chi connectivity index (χ4v) is 2.85. The summed E-state index contributed by atoms with van der Waals surface area (Å²) in [7, 11) is 0. The van der Waals surface area contributed by atoms with Crippen molar-refractivity contribution in [3.8, 4) is 6.07 Å². The number of hydrogen-bond acceptors (Lipinski definition) is 4. The highest BCUT2D eigenvalue weighted by atomic mass is 19.1. The Hall–Kier alpha value is -2.45. The van der Waals surface area contributed by atoms with Crippen LogP contribution >= 0.6 is 0 Å². The zero-order chi connectivity index (χ0) is 16.1. The van der Waals surface area contributed by atoms with E-state index < -0.39 is 0 Å². The molecule has 3 rings (SSSR count). The molecule has 4 nitrogen and oxygen atoms in total. The van der Waals surface area contributed by atoms with Gasteiger partial charge in [-0.2, -0.15) is 5.26 Å². The molecular weight excluding hydrogens is 291 g/mol. The largest absolute Gasteiger partial charge is 0.355 e. The summed E-state index contributed by atoms with van der Waals surface area (Å²) in [6.45, 7) is 4.66. The highest BCUT2D eigenvalue weighted by molar-refractivity contribution is 5.42. The fraction of sp³-hybridized carbons (Fsp3) is 0.333. The van der Waals surface area contributed by atoms with Gasteiger partial charge in [0, 0.05) is 38.9 Å². The molecule has 0 unspecified atom stereocenters. The van der Waals surface area contributed by atoms with Crippen LogP contribution in [0.25, 0.3) is 0 Å². The van der Waals surface area contributed by atoms with E-state index in [4.69, 9.17) is 5.26 Å². The Labute approximate surface area is 135 Å². The summed E-state index contributed by atoms with van der Waals surface area (Å²) < 4.78 is 13.0. The number of aromatic nitrogens is 1. The number of pyridine rings is 1. The third kappa shape index (κ3) is 4.05. The van der Waals surface area contributed by atoms with Gasteiger partial charge in [-0.25, -0.2) is 9.37 Å². The molecule has 0 bridgehead atoms. The topological polar surface area (TPSA) is 43.2 Å². The summed E-state index contributed by atoms with van der Waals surface area (Å²) in [5, 5.41) is 8.84. The standard InChI is InChI=1S/C18H19FN4/c19-17-5-2-15(3-6-17)14-22-8-1-9-23(11-10-22)18-7-4-16(12-20)13-21-18/h2-7,13H,1,8-11,14H2. The van der Waals surface area contributed by atoms with E-state index >= 15 is 0 Å². The van der Waals surface area contributed by atoms with Gasteiger partial charge in [0.15, 0.2) is 0 Å². The number of hydrogen-bond donors (Lipinski definition) is 0. The second-order valence-corrected chi connectivity index (χ2v) is 5.76. The normalized spacial score (nSPS) is 15.9. The number of anilines is 1. The molecule has 0 aliphatic carbocycles. The van der Waals surface area contributed by atoms with E-state index in [1.54, 1.807) is 6.20 Å². The molecule has 1 saturated heterocycles. The van der Waals surface area contributed by atoms with Crippen LogP contribution in [0.2, 0.25) is 0 Å². The molecule has 23 heavy (non-hydrogen) atoms. The minimum atomic E-state index is -0.192. The van der Waals surface area contributed by atoms with Crippen molar-refractivity contribution >= 4 is 5.82 Å². The molecule has 0 N–H and O–H groups in total. The first kappa shape index (κ1) is 15.4. The van der Waals surface area contributed by atoms with Gasteiger partial charge in [-0.15, -0.1) is 0 Å². The predicted molar refractivity (Wildman–Crippen MR) is 87.5 cm³/mol. The van der Waals surface area contributed by atoms with Crippen LogP contribution in [0.15, 0.2) is 42.6 Å². The molecule has 0 atom stereocenters. The van der Waals surface area contributed by atoms with Crippen molar-refractivity contribution in [2.45, 2.75) is 13.0 Å². The molecule has 2 aromatic rings. The average Bonchev–Trinajstić information content (AvgIpc) is 2.83. The minimum absolute atomic E-state index is 0.192. The lowest BCUT2D eigenvalue weighted by molar-refractivity contribution is 0.285. The molecule has 0 radical (unpaired) electrons. The van der Waals surface area contributed by atoms with Gasteiger partial charge in [0.05, 0.1) is 5.56 Å². The smallest absolute Gasteiger partial charge is 0.128 e. The summed E-state index contributed by atoms with van der Waals surface area (Å²) in [6, 6.07) is 12.5. The maximum Gasteiger partial charge on any atom is 0.128 e. The number of nitrogens with zero attached hydrogens (tertiary/aromatic N) is 4. The van der Waals surface area contributed by atoms with Gasteiger partial charge >= 0.3 is 0 Å². The van der Waals surface area contributed by atoms with Crippen LogP contribution < -0.4 is 4.90 Å². The SMILES string of the molecule is N#Cc1ccc(N2CCCN(Cc3ccc(F)cc3)CC2)nc1. The first-order valence-electron chi connectivity index (χ1n) is 7.82.